The Morgan fingerprint density at radius 1 is 1.14 bits per heavy atom. The van der Waals surface area contributed by atoms with E-state index in [0.717, 1.165) is 12.2 Å². The molecule has 0 atom stereocenters. The highest BCUT2D eigenvalue weighted by molar-refractivity contribution is 5.91. The van der Waals surface area contributed by atoms with Crippen molar-refractivity contribution >= 4 is 11.7 Å². The van der Waals surface area contributed by atoms with Crippen molar-refractivity contribution in [2.75, 3.05) is 12.3 Å². The van der Waals surface area contributed by atoms with Gasteiger partial charge in [-0.15, -0.1) is 0 Å². The van der Waals surface area contributed by atoms with Gasteiger partial charge in [0, 0.05) is 0 Å². The van der Waals surface area contributed by atoms with Crippen LogP contribution in [0.5, 0.6) is 11.5 Å². The van der Waals surface area contributed by atoms with Crippen molar-refractivity contribution in [2.24, 2.45) is 0 Å². The molecule has 2 aromatic carbocycles. The summed E-state index contributed by atoms with van der Waals surface area (Å²) in [7, 11) is 0. The lowest BCUT2D eigenvalue weighted by Gasteiger charge is -2.10. The minimum absolute atomic E-state index is 0.334. The molecule has 0 aliphatic rings. The van der Waals surface area contributed by atoms with E-state index in [4.69, 9.17) is 15.2 Å². The minimum Gasteiger partial charge on any atom is -0.462 e. The average molecular weight is 285 g/mol. The number of carbonyl (C=O) groups excluding carboxylic acids is 1. The monoisotopic (exact) mass is 285 g/mol. The lowest BCUT2D eigenvalue weighted by molar-refractivity contribution is 0.0526. The third kappa shape index (κ3) is 3.75. The zero-order valence-corrected chi connectivity index (χ0v) is 12.3. The van der Waals surface area contributed by atoms with Crippen LogP contribution in [0.25, 0.3) is 0 Å². The SMILES string of the molecule is CCOC(=O)c1ccc(Oc2cccc(CC)c2)c(N)c1. The number of esters is 1. The summed E-state index contributed by atoms with van der Waals surface area (Å²) in [5.74, 6) is 0.866. The Morgan fingerprint density at radius 3 is 2.62 bits per heavy atom. The van der Waals surface area contributed by atoms with Crippen LogP contribution >= 0.6 is 0 Å². The van der Waals surface area contributed by atoms with Gasteiger partial charge in [0.2, 0.25) is 0 Å². The molecule has 0 unspecified atom stereocenters. The van der Waals surface area contributed by atoms with Crippen molar-refractivity contribution in [3.8, 4) is 11.5 Å². The average Bonchev–Trinajstić information content (AvgIpc) is 2.49. The van der Waals surface area contributed by atoms with Gasteiger partial charge in [-0.25, -0.2) is 4.79 Å². The molecule has 0 aromatic heterocycles. The standard InChI is InChI=1S/C17H19NO3/c1-3-12-6-5-7-14(10-12)21-16-9-8-13(11-15(16)18)17(19)20-4-2/h5-11H,3-4,18H2,1-2H3. The number of nitrogen functional groups attached to an aromatic ring is 1. The zero-order chi connectivity index (χ0) is 15.2. The molecule has 4 heteroatoms. The van der Waals surface area contributed by atoms with Crippen LogP contribution in [0.2, 0.25) is 0 Å². The van der Waals surface area contributed by atoms with E-state index in [1.807, 2.05) is 24.3 Å². The van der Waals surface area contributed by atoms with Gasteiger partial charge in [0.25, 0.3) is 0 Å². The van der Waals surface area contributed by atoms with Crippen LogP contribution in [0.3, 0.4) is 0 Å². The van der Waals surface area contributed by atoms with E-state index in [9.17, 15) is 4.79 Å². The predicted octanol–water partition coefficient (Wildman–Crippen LogP) is 3.80. The van der Waals surface area contributed by atoms with Crippen molar-refractivity contribution < 1.29 is 14.3 Å². The second-order valence-electron chi connectivity index (χ2n) is 4.58. The van der Waals surface area contributed by atoms with E-state index in [0.29, 0.717) is 23.6 Å². The Morgan fingerprint density at radius 2 is 1.95 bits per heavy atom. The summed E-state index contributed by atoms with van der Waals surface area (Å²) in [6.07, 6.45) is 0.939. The van der Waals surface area contributed by atoms with Gasteiger partial charge in [0.05, 0.1) is 17.9 Å². The van der Waals surface area contributed by atoms with Gasteiger partial charge in [-0.05, 0) is 49.2 Å². The van der Waals surface area contributed by atoms with Crippen LogP contribution in [0.1, 0.15) is 29.8 Å². The fourth-order valence-electron chi connectivity index (χ4n) is 1.94. The van der Waals surface area contributed by atoms with Crippen LogP contribution in [0.15, 0.2) is 42.5 Å². The number of aryl methyl sites for hydroxylation is 1. The molecule has 0 radical (unpaired) electrons. The Balaban J connectivity index is 2.19. The summed E-state index contributed by atoms with van der Waals surface area (Å²) in [5, 5.41) is 0. The molecule has 0 bridgehead atoms. The third-order valence-corrected chi connectivity index (χ3v) is 3.06. The van der Waals surface area contributed by atoms with Crippen molar-refractivity contribution in [3.05, 3.63) is 53.6 Å². The van der Waals surface area contributed by atoms with Crippen LogP contribution in [0.4, 0.5) is 5.69 Å². The summed E-state index contributed by atoms with van der Waals surface area (Å²) < 4.78 is 10.7. The maximum Gasteiger partial charge on any atom is 0.338 e. The van der Waals surface area contributed by atoms with Gasteiger partial charge in [-0.1, -0.05) is 19.1 Å². The highest BCUT2D eigenvalue weighted by atomic mass is 16.5. The lowest BCUT2D eigenvalue weighted by Crippen LogP contribution is -2.05. The van der Waals surface area contributed by atoms with Gasteiger partial charge in [0.15, 0.2) is 0 Å². The molecule has 0 aliphatic carbocycles. The Kier molecular flexibility index (Phi) is 4.82. The van der Waals surface area contributed by atoms with Gasteiger partial charge in [0.1, 0.15) is 11.5 Å². The highest BCUT2D eigenvalue weighted by Crippen LogP contribution is 2.29. The molecule has 0 spiro atoms. The van der Waals surface area contributed by atoms with Crippen molar-refractivity contribution in [2.45, 2.75) is 20.3 Å². The molecular weight excluding hydrogens is 266 g/mol. The number of hydrogen-bond donors (Lipinski definition) is 1. The molecule has 0 aliphatic heterocycles. The van der Waals surface area contributed by atoms with Gasteiger partial charge in [-0.3, -0.25) is 0 Å². The third-order valence-electron chi connectivity index (χ3n) is 3.06. The van der Waals surface area contributed by atoms with Crippen molar-refractivity contribution in [3.63, 3.8) is 0 Å². The first kappa shape index (κ1) is 14.9. The van der Waals surface area contributed by atoms with E-state index in [-0.39, 0.29) is 5.97 Å². The first-order valence-corrected chi connectivity index (χ1v) is 6.97. The van der Waals surface area contributed by atoms with E-state index in [1.54, 1.807) is 25.1 Å². The maximum atomic E-state index is 11.6. The number of benzene rings is 2. The topological polar surface area (TPSA) is 61.5 Å². The number of hydrogen-bond acceptors (Lipinski definition) is 4. The number of anilines is 1. The number of ether oxygens (including phenoxy) is 2. The molecule has 2 N–H and O–H groups in total. The van der Waals surface area contributed by atoms with Gasteiger partial charge < -0.3 is 15.2 Å². The fraction of sp³-hybridized carbons (Fsp3) is 0.235. The van der Waals surface area contributed by atoms with E-state index in [2.05, 4.69) is 6.92 Å². The predicted molar refractivity (Wildman–Crippen MR) is 82.7 cm³/mol. The van der Waals surface area contributed by atoms with E-state index < -0.39 is 0 Å². The van der Waals surface area contributed by atoms with E-state index >= 15 is 0 Å². The second kappa shape index (κ2) is 6.79. The molecule has 2 aromatic rings. The first-order chi connectivity index (χ1) is 10.1. The molecule has 0 fully saturated rings. The fourth-order valence-corrected chi connectivity index (χ4v) is 1.94. The zero-order valence-electron chi connectivity index (χ0n) is 12.3. The number of nitrogens with two attached hydrogens (primary N) is 1. The molecule has 0 saturated carbocycles. The first-order valence-electron chi connectivity index (χ1n) is 6.97. The van der Waals surface area contributed by atoms with Crippen LogP contribution in [-0.2, 0) is 11.2 Å². The Hall–Kier alpha value is -2.49. The minimum atomic E-state index is -0.385. The lowest BCUT2D eigenvalue weighted by atomic mass is 10.1. The largest absolute Gasteiger partial charge is 0.462 e. The Labute approximate surface area is 124 Å². The molecular formula is C17H19NO3. The van der Waals surface area contributed by atoms with Crippen LogP contribution in [0, 0.1) is 0 Å². The molecule has 0 amide bonds. The van der Waals surface area contributed by atoms with Crippen molar-refractivity contribution in [1.82, 2.24) is 0 Å². The summed E-state index contributed by atoms with van der Waals surface area (Å²) in [6.45, 7) is 4.18. The second-order valence-corrected chi connectivity index (χ2v) is 4.58. The summed E-state index contributed by atoms with van der Waals surface area (Å²) in [6, 6.07) is 12.7. The molecule has 21 heavy (non-hydrogen) atoms. The van der Waals surface area contributed by atoms with Gasteiger partial charge >= 0.3 is 5.97 Å². The van der Waals surface area contributed by atoms with Crippen LogP contribution < -0.4 is 10.5 Å². The summed E-state index contributed by atoms with van der Waals surface area (Å²) in [4.78, 5) is 11.6. The quantitative estimate of drug-likeness (QED) is 0.670. The molecule has 110 valence electrons. The summed E-state index contributed by atoms with van der Waals surface area (Å²) in [5.41, 5.74) is 7.96. The molecule has 0 heterocycles. The van der Waals surface area contributed by atoms with Crippen molar-refractivity contribution in [1.29, 1.82) is 0 Å². The maximum absolute atomic E-state index is 11.6. The summed E-state index contributed by atoms with van der Waals surface area (Å²) >= 11 is 0. The molecule has 0 saturated heterocycles. The number of rotatable bonds is 5. The molecule has 2 rings (SSSR count). The Bertz CT molecular complexity index is 638. The number of carbonyl (C=O) groups is 1. The highest BCUT2D eigenvalue weighted by Gasteiger charge is 2.10. The van der Waals surface area contributed by atoms with Crippen LogP contribution in [-0.4, -0.2) is 12.6 Å². The smallest absolute Gasteiger partial charge is 0.338 e. The normalized spacial score (nSPS) is 10.2. The van der Waals surface area contributed by atoms with E-state index in [1.165, 1.54) is 5.56 Å². The molecule has 4 nitrogen and oxygen atoms in total. The van der Waals surface area contributed by atoms with Gasteiger partial charge in [-0.2, -0.15) is 0 Å².